The molecular weight excluding hydrogens is 385 g/mol. The van der Waals surface area contributed by atoms with Crippen molar-refractivity contribution < 1.29 is 0 Å². The van der Waals surface area contributed by atoms with Crippen LogP contribution in [0.4, 0.5) is 0 Å². The first-order valence-electron chi connectivity index (χ1n) is 6.32. The highest BCUT2D eigenvalue weighted by Crippen LogP contribution is 2.28. The Bertz CT molecular complexity index is 780. The van der Waals surface area contributed by atoms with Crippen LogP contribution < -0.4 is 0 Å². The Kier molecular flexibility index (Phi) is 3.69. The first-order valence-corrected chi connectivity index (χ1v) is 7.83. The zero-order chi connectivity index (χ0) is 14.3. The number of hydrogen-bond acceptors (Lipinski definition) is 2. The van der Waals surface area contributed by atoms with Gasteiger partial charge in [-0.15, -0.1) is 11.6 Å². The number of pyridine rings is 1. The summed E-state index contributed by atoms with van der Waals surface area (Å²) in [6.07, 6.45) is 1.81. The van der Waals surface area contributed by atoms with Crippen LogP contribution in [0.2, 0.25) is 0 Å². The van der Waals surface area contributed by atoms with Gasteiger partial charge in [-0.1, -0.05) is 6.07 Å². The van der Waals surface area contributed by atoms with E-state index in [1.807, 2.05) is 36.7 Å². The second kappa shape index (κ2) is 5.33. The van der Waals surface area contributed by atoms with E-state index in [0.29, 0.717) is 0 Å². The average molecular weight is 398 g/mol. The molecule has 0 fully saturated rings. The SMILES string of the molecule is Cc1ccnc2c1nc(C(C)Cl)n2-c1cccc(I)c1. The maximum absolute atomic E-state index is 6.31. The zero-order valence-electron chi connectivity index (χ0n) is 11.1. The second-order valence-corrected chi connectivity index (χ2v) is 6.60. The quantitative estimate of drug-likeness (QED) is 0.466. The van der Waals surface area contributed by atoms with Crippen molar-refractivity contribution in [3.63, 3.8) is 0 Å². The topological polar surface area (TPSA) is 30.7 Å². The van der Waals surface area contributed by atoms with Gasteiger partial charge in [0, 0.05) is 15.5 Å². The number of aromatic nitrogens is 3. The summed E-state index contributed by atoms with van der Waals surface area (Å²) in [7, 11) is 0. The molecule has 0 radical (unpaired) electrons. The molecule has 0 aliphatic carbocycles. The largest absolute Gasteiger partial charge is 0.279 e. The Morgan fingerprint density at radius 1 is 1.30 bits per heavy atom. The molecule has 0 amide bonds. The summed E-state index contributed by atoms with van der Waals surface area (Å²) in [5.74, 6) is 0.825. The molecule has 0 spiro atoms. The van der Waals surface area contributed by atoms with Gasteiger partial charge in [-0.25, -0.2) is 9.97 Å². The molecular formula is C15H13ClIN3. The molecule has 0 bridgehead atoms. The first kappa shape index (κ1) is 13.8. The van der Waals surface area contributed by atoms with E-state index in [2.05, 4.69) is 50.8 Å². The minimum absolute atomic E-state index is 0.179. The third-order valence-corrected chi connectivity index (χ3v) is 4.06. The van der Waals surface area contributed by atoms with Crippen molar-refractivity contribution in [3.05, 3.63) is 51.5 Å². The number of benzene rings is 1. The summed E-state index contributed by atoms with van der Waals surface area (Å²) in [5, 5.41) is -0.179. The number of rotatable bonds is 2. The molecule has 0 N–H and O–H groups in total. The fourth-order valence-corrected chi connectivity index (χ4v) is 2.92. The molecule has 0 saturated heterocycles. The van der Waals surface area contributed by atoms with Crippen molar-refractivity contribution >= 4 is 45.4 Å². The van der Waals surface area contributed by atoms with Crippen LogP contribution in [0.1, 0.15) is 23.7 Å². The molecule has 0 saturated carbocycles. The molecule has 3 nitrogen and oxygen atoms in total. The highest BCUT2D eigenvalue weighted by Gasteiger charge is 2.18. The van der Waals surface area contributed by atoms with Crippen LogP contribution in [0.25, 0.3) is 16.9 Å². The lowest BCUT2D eigenvalue weighted by atomic mass is 10.2. The van der Waals surface area contributed by atoms with Crippen molar-refractivity contribution in [2.24, 2.45) is 0 Å². The fourth-order valence-electron chi connectivity index (χ4n) is 2.25. The minimum Gasteiger partial charge on any atom is -0.279 e. The lowest BCUT2D eigenvalue weighted by molar-refractivity contribution is 0.876. The smallest absolute Gasteiger partial charge is 0.164 e. The predicted octanol–water partition coefficient (Wildman–Crippen LogP) is 4.63. The van der Waals surface area contributed by atoms with Crippen LogP contribution in [0.3, 0.4) is 0 Å². The maximum atomic E-state index is 6.31. The summed E-state index contributed by atoms with van der Waals surface area (Å²) in [6, 6.07) is 10.2. The molecule has 102 valence electrons. The number of fused-ring (bicyclic) bond motifs is 1. The Morgan fingerprint density at radius 3 is 2.80 bits per heavy atom. The van der Waals surface area contributed by atoms with Crippen molar-refractivity contribution in [1.82, 2.24) is 14.5 Å². The van der Waals surface area contributed by atoms with Crippen LogP contribution in [-0.4, -0.2) is 14.5 Å². The Hall–Kier alpha value is -1.14. The van der Waals surface area contributed by atoms with Gasteiger partial charge in [-0.05, 0) is 66.3 Å². The van der Waals surface area contributed by atoms with Gasteiger partial charge in [-0.2, -0.15) is 0 Å². The molecule has 3 rings (SSSR count). The Morgan fingerprint density at radius 2 is 2.10 bits per heavy atom. The number of alkyl halides is 1. The lowest BCUT2D eigenvalue weighted by Gasteiger charge is -2.10. The van der Waals surface area contributed by atoms with Crippen molar-refractivity contribution in [2.45, 2.75) is 19.2 Å². The van der Waals surface area contributed by atoms with Crippen molar-refractivity contribution in [3.8, 4) is 5.69 Å². The summed E-state index contributed by atoms with van der Waals surface area (Å²) < 4.78 is 3.21. The summed E-state index contributed by atoms with van der Waals surface area (Å²) in [5.41, 5.74) is 3.92. The number of nitrogens with zero attached hydrogens (tertiary/aromatic N) is 3. The van der Waals surface area contributed by atoms with Gasteiger partial charge in [0.1, 0.15) is 11.3 Å². The van der Waals surface area contributed by atoms with E-state index in [1.165, 1.54) is 3.57 Å². The van der Waals surface area contributed by atoms with Gasteiger partial charge in [-0.3, -0.25) is 4.57 Å². The molecule has 20 heavy (non-hydrogen) atoms. The monoisotopic (exact) mass is 397 g/mol. The molecule has 1 unspecified atom stereocenters. The van der Waals surface area contributed by atoms with E-state index in [-0.39, 0.29) is 5.38 Å². The molecule has 5 heteroatoms. The molecule has 1 atom stereocenters. The van der Waals surface area contributed by atoms with Crippen molar-refractivity contribution in [1.29, 1.82) is 0 Å². The van der Waals surface area contributed by atoms with Crippen LogP contribution in [0.15, 0.2) is 36.5 Å². The molecule has 3 aromatic rings. The molecule has 0 aliphatic heterocycles. The molecule has 2 heterocycles. The molecule has 0 aliphatic rings. The van der Waals surface area contributed by atoms with Crippen LogP contribution in [0, 0.1) is 10.5 Å². The standard InChI is InChI=1S/C15H13ClIN3/c1-9-6-7-18-15-13(9)19-14(10(2)16)20(15)12-5-3-4-11(17)8-12/h3-8,10H,1-2H3. The van der Waals surface area contributed by atoms with Crippen LogP contribution in [-0.2, 0) is 0 Å². The van der Waals surface area contributed by atoms with E-state index in [9.17, 15) is 0 Å². The van der Waals surface area contributed by atoms with E-state index in [1.54, 1.807) is 0 Å². The van der Waals surface area contributed by atoms with Crippen LogP contribution in [0.5, 0.6) is 0 Å². The van der Waals surface area contributed by atoms with Crippen molar-refractivity contribution in [2.75, 3.05) is 0 Å². The Labute approximate surface area is 136 Å². The number of imidazole rings is 1. The zero-order valence-corrected chi connectivity index (χ0v) is 14.1. The summed E-state index contributed by atoms with van der Waals surface area (Å²) >= 11 is 8.61. The summed E-state index contributed by atoms with van der Waals surface area (Å²) in [6.45, 7) is 3.97. The van der Waals surface area contributed by atoms with Gasteiger partial charge >= 0.3 is 0 Å². The second-order valence-electron chi connectivity index (χ2n) is 4.70. The van der Waals surface area contributed by atoms with Crippen LogP contribution >= 0.6 is 34.2 Å². The normalized spacial score (nSPS) is 12.8. The average Bonchev–Trinajstić information content (AvgIpc) is 2.80. The predicted molar refractivity (Wildman–Crippen MR) is 90.6 cm³/mol. The fraction of sp³-hybridized carbons (Fsp3) is 0.200. The van der Waals surface area contributed by atoms with Gasteiger partial charge in [0.2, 0.25) is 0 Å². The van der Waals surface area contributed by atoms with Gasteiger partial charge in [0.25, 0.3) is 0 Å². The third-order valence-electron chi connectivity index (χ3n) is 3.20. The highest BCUT2D eigenvalue weighted by molar-refractivity contribution is 14.1. The molecule has 1 aromatic carbocycles. The van der Waals surface area contributed by atoms with E-state index in [4.69, 9.17) is 11.6 Å². The van der Waals surface area contributed by atoms with E-state index in [0.717, 1.165) is 28.2 Å². The van der Waals surface area contributed by atoms with Gasteiger partial charge < -0.3 is 0 Å². The minimum atomic E-state index is -0.179. The maximum Gasteiger partial charge on any atom is 0.164 e. The third kappa shape index (κ3) is 2.31. The first-order chi connectivity index (χ1) is 9.58. The van der Waals surface area contributed by atoms with E-state index < -0.39 is 0 Å². The number of halogens is 2. The van der Waals surface area contributed by atoms with E-state index >= 15 is 0 Å². The molecule has 2 aromatic heterocycles. The number of hydrogen-bond donors (Lipinski definition) is 0. The highest BCUT2D eigenvalue weighted by atomic mass is 127. The Balaban J connectivity index is 2.38. The van der Waals surface area contributed by atoms with Gasteiger partial charge in [0.05, 0.1) is 5.38 Å². The number of aryl methyl sites for hydroxylation is 1. The summed E-state index contributed by atoms with van der Waals surface area (Å²) in [4.78, 5) is 9.17. The van der Waals surface area contributed by atoms with Gasteiger partial charge in [0.15, 0.2) is 5.65 Å². The lowest BCUT2D eigenvalue weighted by Crippen LogP contribution is -2.02.